The highest BCUT2D eigenvalue weighted by Gasteiger charge is 2.12. The van der Waals surface area contributed by atoms with Gasteiger partial charge in [-0.25, -0.2) is 0 Å². The SMILES string of the molecule is CCCCCc1ccc(C#N)c(C#N)c1C#N. The van der Waals surface area contributed by atoms with E-state index in [1.165, 1.54) is 0 Å². The van der Waals surface area contributed by atoms with E-state index in [4.69, 9.17) is 15.8 Å². The Labute approximate surface area is 102 Å². The third-order valence-corrected chi connectivity index (χ3v) is 2.69. The van der Waals surface area contributed by atoms with Crippen LogP contribution >= 0.6 is 0 Å². The number of unbranched alkanes of at least 4 members (excludes halogenated alkanes) is 2. The number of benzene rings is 1. The van der Waals surface area contributed by atoms with Crippen LogP contribution in [-0.4, -0.2) is 0 Å². The van der Waals surface area contributed by atoms with Gasteiger partial charge in [0.15, 0.2) is 0 Å². The molecule has 0 aromatic heterocycles. The lowest BCUT2D eigenvalue weighted by molar-refractivity contribution is 0.716. The molecule has 0 N–H and O–H groups in total. The van der Waals surface area contributed by atoms with Crippen molar-refractivity contribution in [3.05, 3.63) is 34.4 Å². The molecule has 0 aliphatic heterocycles. The number of hydrogen-bond donors (Lipinski definition) is 0. The van der Waals surface area contributed by atoms with Crippen LogP contribution in [0.2, 0.25) is 0 Å². The van der Waals surface area contributed by atoms with E-state index in [1.54, 1.807) is 12.1 Å². The van der Waals surface area contributed by atoms with Crippen molar-refractivity contribution >= 4 is 0 Å². The lowest BCUT2D eigenvalue weighted by atomic mass is 9.95. The van der Waals surface area contributed by atoms with E-state index in [-0.39, 0.29) is 11.1 Å². The minimum absolute atomic E-state index is 0.212. The first kappa shape index (κ1) is 12.8. The molecule has 0 atom stereocenters. The van der Waals surface area contributed by atoms with E-state index in [1.807, 2.05) is 18.2 Å². The van der Waals surface area contributed by atoms with Gasteiger partial charge in [-0.15, -0.1) is 0 Å². The molecule has 0 unspecified atom stereocenters. The maximum Gasteiger partial charge on any atom is 0.102 e. The summed E-state index contributed by atoms with van der Waals surface area (Å²) in [4.78, 5) is 0. The highest BCUT2D eigenvalue weighted by atomic mass is 14.3. The highest BCUT2D eigenvalue weighted by Crippen LogP contribution is 2.19. The van der Waals surface area contributed by atoms with Crippen LogP contribution in [0.25, 0.3) is 0 Å². The molecule has 1 rings (SSSR count). The second-order valence-electron chi connectivity index (χ2n) is 3.81. The zero-order valence-corrected chi connectivity index (χ0v) is 9.82. The van der Waals surface area contributed by atoms with Gasteiger partial charge >= 0.3 is 0 Å². The van der Waals surface area contributed by atoms with Crippen LogP contribution < -0.4 is 0 Å². The van der Waals surface area contributed by atoms with Crippen LogP contribution in [-0.2, 0) is 6.42 Å². The molecule has 0 saturated heterocycles. The first-order valence-corrected chi connectivity index (χ1v) is 5.64. The van der Waals surface area contributed by atoms with E-state index >= 15 is 0 Å². The number of aryl methyl sites for hydroxylation is 1. The van der Waals surface area contributed by atoms with Gasteiger partial charge in [-0.05, 0) is 24.5 Å². The monoisotopic (exact) mass is 223 g/mol. The third kappa shape index (κ3) is 2.83. The maximum absolute atomic E-state index is 9.10. The predicted molar refractivity (Wildman–Crippen MR) is 63.8 cm³/mol. The van der Waals surface area contributed by atoms with E-state index in [9.17, 15) is 0 Å². The molecule has 0 radical (unpaired) electrons. The van der Waals surface area contributed by atoms with E-state index in [2.05, 4.69) is 6.92 Å². The lowest BCUT2D eigenvalue weighted by Gasteiger charge is -2.06. The normalized spacial score (nSPS) is 9.06. The van der Waals surface area contributed by atoms with Crippen LogP contribution in [0.3, 0.4) is 0 Å². The van der Waals surface area contributed by atoms with Crippen molar-refractivity contribution in [3.8, 4) is 18.2 Å². The Morgan fingerprint density at radius 3 is 2.18 bits per heavy atom. The molecule has 0 spiro atoms. The van der Waals surface area contributed by atoms with Crippen LogP contribution in [0.15, 0.2) is 12.1 Å². The molecule has 0 bridgehead atoms. The van der Waals surface area contributed by atoms with Gasteiger partial charge in [0, 0.05) is 0 Å². The van der Waals surface area contributed by atoms with Gasteiger partial charge < -0.3 is 0 Å². The standard InChI is InChI=1S/C14H13N3/c1-2-3-4-5-11-6-7-12(8-15)14(10-17)13(11)9-16/h6-7H,2-5H2,1H3. The van der Waals surface area contributed by atoms with E-state index < -0.39 is 0 Å². The fraction of sp³-hybridized carbons (Fsp3) is 0.357. The van der Waals surface area contributed by atoms with Gasteiger partial charge in [-0.3, -0.25) is 0 Å². The van der Waals surface area contributed by atoms with Gasteiger partial charge in [-0.2, -0.15) is 15.8 Å². The van der Waals surface area contributed by atoms with Gasteiger partial charge in [0.25, 0.3) is 0 Å². The molecule has 0 fully saturated rings. The zero-order valence-electron chi connectivity index (χ0n) is 9.82. The first-order valence-electron chi connectivity index (χ1n) is 5.64. The van der Waals surface area contributed by atoms with Gasteiger partial charge in [0.1, 0.15) is 18.2 Å². The largest absolute Gasteiger partial charge is 0.192 e. The Morgan fingerprint density at radius 2 is 1.65 bits per heavy atom. The van der Waals surface area contributed by atoms with E-state index in [0.29, 0.717) is 5.56 Å². The molecule has 3 heteroatoms. The summed E-state index contributed by atoms with van der Waals surface area (Å²) in [6.07, 6.45) is 4.01. The molecular weight excluding hydrogens is 210 g/mol. The molecule has 0 heterocycles. The fourth-order valence-corrected chi connectivity index (χ4v) is 1.76. The average molecular weight is 223 g/mol. The summed E-state index contributed by atoms with van der Waals surface area (Å²) in [7, 11) is 0. The van der Waals surface area contributed by atoms with E-state index in [0.717, 1.165) is 31.2 Å². The van der Waals surface area contributed by atoms with Crippen LogP contribution in [0.5, 0.6) is 0 Å². The number of nitriles is 3. The Morgan fingerprint density at radius 1 is 0.941 bits per heavy atom. The van der Waals surface area contributed by atoms with Crippen molar-refractivity contribution in [3.63, 3.8) is 0 Å². The third-order valence-electron chi connectivity index (χ3n) is 2.69. The summed E-state index contributed by atoms with van der Waals surface area (Å²) < 4.78 is 0. The minimum atomic E-state index is 0.212. The van der Waals surface area contributed by atoms with Crippen molar-refractivity contribution in [2.45, 2.75) is 32.6 Å². The average Bonchev–Trinajstić information content (AvgIpc) is 2.38. The Kier molecular flexibility index (Phi) is 4.74. The molecule has 84 valence electrons. The van der Waals surface area contributed by atoms with Crippen molar-refractivity contribution in [1.29, 1.82) is 15.8 Å². The quantitative estimate of drug-likeness (QED) is 0.736. The number of rotatable bonds is 4. The molecule has 17 heavy (non-hydrogen) atoms. The summed E-state index contributed by atoms with van der Waals surface area (Å²) in [5, 5.41) is 27.0. The summed E-state index contributed by atoms with van der Waals surface area (Å²) >= 11 is 0. The van der Waals surface area contributed by atoms with Gasteiger partial charge in [0.2, 0.25) is 0 Å². The van der Waals surface area contributed by atoms with Crippen molar-refractivity contribution in [1.82, 2.24) is 0 Å². The Balaban J connectivity index is 3.14. The Hall–Kier alpha value is -2.31. The minimum Gasteiger partial charge on any atom is -0.192 e. The molecule has 0 saturated carbocycles. The second kappa shape index (κ2) is 6.31. The molecule has 1 aromatic rings. The first-order chi connectivity index (χ1) is 8.28. The lowest BCUT2D eigenvalue weighted by Crippen LogP contribution is -1.97. The molecule has 3 nitrogen and oxygen atoms in total. The molecular formula is C14H13N3. The molecule has 1 aromatic carbocycles. The molecule has 0 aliphatic rings. The number of nitrogens with zero attached hydrogens (tertiary/aromatic N) is 3. The summed E-state index contributed by atoms with van der Waals surface area (Å²) in [5.74, 6) is 0. The van der Waals surface area contributed by atoms with Crippen LogP contribution in [0, 0.1) is 34.0 Å². The highest BCUT2D eigenvalue weighted by molar-refractivity contribution is 5.58. The van der Waals surface area contributed by atoms with Crippen molar-refractivity contribution < 1.29 is 0 Å². The smallest absolute Gasteiger partial charge is 0.102 e. The second-order valence-corrected chi connectivity index (χ2v) is 3.81. The van der Waals surface area contributed by atoms with Crippen LogP contribution in [0.1, 0.15) is 48.4 Å². The number of hydrogen-bond acceptors (Lipinski definition) is 3. The van der Waals surface area contributed by atoms with Crippen molar-refractivity contribution in [2.24, 2.45) is 0 Å². The predicted octanol–water partition coefficient (Wildman–Crippen LogP) is 3.03. The fourth-order valence-electron chi connectivity index (χ4n) is 1.76. The zero-order chi connectivity index (χ0) is 12.7. The maximum atomic E-state index is 9.10. The van der Waals surface area contributed by atoms with Gasteiger partial charge in [-0.1, -0.05) is 25.8 Å². The summed E-state index contributed by atoms with van der Waals surface area (Å²) in [6, 6.07) is 9.35. The Bertz CT molecular complexity index is 524. The van der Waals surface area contributed by atoms with Crippen LogP contribution in [0.4, 0.5) is 0 Å². The topological polar surface area (TPSA) is 71.4 Å². The van der Waals surface area contributed by atoms with Gasteiger partial charge in [0.05, 0.1) is 16.7 Å². The summed E-state index contributed by atoms with van der Waals surface area (Å²) in [5.41, 5.74) is 1.73. The molecule has 0 amide bonds. The van der Waals surface area contributed by atoms with Crippen molar-refractivity contribution in [2.75, 3.05) is 0 Å². The summed E-state index contributed by atoms with van der Waals surface area (Å²) in [6.45, 7) is 2.12. The molecule has 0 aliphatic carbocycles.